The van der Waals surface area contributed by atoms with Gasteiger partial charge in [-0.3, -0.25) is 0 Å². The number of hydrogen-bond acceptors (Lipinski definition) is 4. The molecule has 0 amide bonds. The molecule has 0 bridgehead atoms. The fourth-order valence-corrected chi connectivity index (χ4v) is 3.47. The van der Waals surface area contributed by atoms with Gasteiger partial charge in [-0.1, -0.05) is 18.7 Å². The summed E-state index contributed by atoms with van der Waals surface area (Å²) in [5.74, 6) is 0.368. The van der Waals surface area contributed by atoms with E-state index in [1.54, 1.807) is 24.5 Å². The average molecular weight is 372 g/mol. The number of pyridine rings is 2. The lowest BCUT2D eigenvalue weighted by Crippen LogP contribution is -1.84. The van der Waals surface area contributed by atoms with Gasteiger partial charge in [-0.25, -0.2) is 4.98 Å². The van der Waals surface area contributed by atoms with E-state index < -0.39 is 0 Å². The molecule has 0 unspecified atom stereocenters. The maximum absolute atomic E-state index is 9.11. The van der Waals surface area contributed by atoms with E-state index >= 15 is 0 Å². The van der Waals surface area contributed by atoms with Crippen LogP contribution in [0.15, 0.2) is 77.5 Å². The van der Waals surface area contributed by atoms with Gasteiger partial charge in [-0.05, 0) is 70.8 Å². The third kappa shape index (κ3) is 2.88. The number of fused-ring (bicyclic) bond motifs is 3. The Morgan fingerprint density at radius 1 is 0.759 bits per heavy atom. The molecule has 5 heteroatoms. The molecule has 29 heavy (non-hydrogen) atoms. The molecule has 0 aliphatic heterocycles. The fraction of sp³-hybridized carbons (Fsp3) is 0. The highest BCUT2D eigenvalue weighted by molar-refractivity contribution is 6.07. The van der Waals surface area contributed by atoms with Crippen molar-refractivity contribution in [2.24, 2.45) is 0 Å². The molecular weight excluding hydrogens is 360 g/mol. The Morgan fingerprint density at radius 2 is 1.34 bits per heavy atom. The van der Waals surface area contributed by atoms with Crippen molar-refractivity contribution in [3.05, 3.63) is 90.2 Å². The second kappa shape index (κ2) is 6.60. The van der Waals surface area contributed by atoms with Crippen LogP contribution in [0.4, 0.5) is 5.82 Å². The van der Waals surface area contributed by atoms with E-state index in [1.807, 2.05) is 36.4 Å². The molecule has 0 aliphatic rings. The van der Waals surface area contributed by atoms with Gasteiger partial charge in [0.15, 0.2) is 0 Å². The van der Waals surface area contributed by atoms with Gasteiger partial charge in [0.25, 0.3) is 5.82 Å². The Hall–Kier alpha value is -4.48. The predicted octanol–water partition coefficient (Wildman–Crippen LogP) is 6.13. The zero-order chi connectivity index (χ0) is 19.8. The Morgan fingerprint density at radius 3 is 1.97 bits per heavy atom. The van der Waals surface area contributed by atoms with Gasteiger partial charge in [0, 0.05) is 17.0 Å². The zero-order valence-electron chi connectivity index (χ0n) is 15.1. The summed E-state index contributed by atoms with van der Waals surface area (Å²) in [5.41, 5.74) is 5.83. The number of nitrogens with zero attached hydrogens (tertiary/aromatic N) is 4. The fourth-order valence-electron chi connectivity index (χ4n) is 3.47. The summed E-state index contributed by atoms with van der Waals surface area (Å²) in [6, 6.07) is 21.4. The highest BCUT2D eigenvalue weighted by Crippen LogP contribution is 2.35. The number of benzene rings is 2. The molecular formula is C24H12N4O. The number of aromatic nitrogens is 2. The molecule has 0 saturated carbocycles. The highest BCUT2D eigenvalue weighted by atomic mass is 16.3. The van der Waals surface area contributed by atoms with E-state index in [4.69, 9.17) is 16.3 Å². The Kier molecular flexibility index (Phi) is 3.79. The van der Waals surface area contributed by atoms with E-state index in [-0.39, 0.29) is 0 Å². The van der Waals surface area contributed by atoms with Crippen LogP contribution < -0.4 is 0 Å². The van der Waals surface area contributed by atoms with Crippen LogP contribution in [0.1, 0.15) is 5.69 Å². The van der Waals surface area contributed by atoms with Gasteiger partial charge in [-0.2, -0.15) is 5.26 Å². The maximum atomic E-state index is 9.11. The Bertz CT molecular complexity index is 1370. The summed E-state index contributed by atoms with van der Waals surface area (Å²) in [5, 5.41) is 11.1. The molecule has 134 valence electrons. The van der Waals surface area contributed by atoms with Crippen molar-refractivity contribution in [2.75, 3.05) is 0 Å². The smallest absolute Gasteiger partial charge is 0.270 e. The van der Waals surface area contributed by atoms with Crippen LogP contribution in [-0.4, -0.2) is 9.97 Å². The first-order valence-corrected chi connectivity index (χ1v) is 8.92. The van der Waals surface area contributed by atoms with E-state index in [1.165, 1.54) is 0 Å². The SMILES string of the molecule is [C-]#[N+]c1cc(-c2ccc3oc4ccc(-c5ccnc(C#N)c5)cc4c3c2)ccn1. The minimum absolute atomic E-state index is 0.368. The molecule has 5 rings (SSSR count). The average Bonchev–Trinajstić information content (AvgIpc) is 3.16. The number of nitriles is 1. The van der Waals surface area contributed by atoms with Gasteiger partial charge in [0.05, 0.1) is 0 Å². The van der Waals surface area contributed by atoms with Gasteiger partial charge in [0.2, 0.25) is 0 Å². The van der Waals surface area contributed by atoms with Crippen LogP contribution in [0.25, 0.3) is 49.0 Å². The van der Waals surface area contributed by atoms with Crippen molar-refractivity contribution < 1.29 is 4.42 Å². The first-order chi connectivity index (χ1) is 14.2. The van der Waals surface area contributed by atoms with Crippen LogP contribution in [-0.2, 0) is 0 Å². The molecule has 0 aliphatic carbocycles. The van der Waals surface area contributed by atoms with Crippen molar-refractivity contribution in [3.63, 3.8) is 0 Å². The van der Waals surface area contributed by atoms with Crippen molar-refractivity contribution in [1.82, 2.24) is 9.97 Å². The standard InChI is InChI=1S/C24H12N4O/c1-26-24-13-18(7-9-28-24)16-3-5-23-21(12-16)20-11-15(2-4-22(20)29-23)17-6-8-27-19(10-17)14-25/h2-13H. The first-order valence-electron chi connectivity index (χ1n) is 8.92. The minimum atomic E-state index is 0.368. The molecule has 0 spiro atoms. The Balaban J connectivity index is 1.69. The lowest BCUT2D eigenvalue weighted by molar-refractivity contribution is 0.669. The van der Waals surface area contributed by atoms with E-state index in [0.717, 1.165) is 44.2 Å². The van der Waals surface area contributed by atoms with E-state index in [2.05, 4.69) is 33.0 Å². The summed E-state index contributed by atoms with van der Waals surface area (Å²) in [6.07, 6.45) is 3.29. The second-order valence-corrected chi connectivity index (χ2v) is 6.58. The molecule has 0 fully saturated rings. The van der Waals surface area contributed by atoms with Crippen LogP contribution >= 0.6 is 0 Å². The molecule has 3 aromatic heterocycles. The number of rotatable bonds is 2. The normalized spacial score (nSPS) is 10.7. The summed E-state index contributed by atoms with van der Waals surface area (Å²) in [7, 11) is 0. The third-order valence-electron chi connectivity index (χ3n) is 4.87. The zero-order valence-corrected chi connectivity index (χ0v) is 15.1. The number of hydrogen-bond donors (Lipinski definition) is 0. The quantitative estimate of drug-likeness (QED) is 0.349. The maximum Gasteiger partial charge on any atom is 0.270 e. The molecule has 2 aromatic carbocycles. The third-order valence-corrected chi connectivity index (χ3v) is 4.87. The van der Waals surface area contributed by atoms with Crippen molar-refractivity contribution >= 4 is 27.8 Å². The topological polar surface area (TPSA) is 67.1 Å². The molecule has 5 aromatic rings. The van der Waals surface area contributed by atoms with Crippen LogP contribution in [0.2, 0.25) is 0 Å². The van der Waals surface area contributed by atoms with Gasteiger partial charge in [0.1, 0.15) is 29.1 Å². The molecule has 0 radical (unpaired) electrons. The van der Waals surface area contributed by atoms with Gasteiger partial charge >= 0.3 is 0 Å². The van der Waals surface area contributed by atoms with Gasteiger partial charge < -0.3 is 9.26 Å². The lowest BCUT2D eigenvalue weighted by atomic mass is 10.0. The van der Waals surface area contributed by atoms with Crippen molar-refractivity contribution in [3.8, 4) is 28.3 Å². The predicted molar refractivity (Wildman–Crippen MR) is 111 cm³/mol. The lowest BCUT2D eigenvalue weighted by Gasteiger charge is -2.03. The second-order valence-electron chi connectivity index (χ2n) is 6.58. The van der Waals surface area contributed by atoms with Crippen LogP contribution in [0.5, 0.6) is 0 Å². The van der Waals surface area contributed by atoms with Crippen molar-refractivity contribution in [1.29, 1.82) is 5.26 Å². The molecule has 0 atom stereocenters. The monoisotopic (exact) mass is 372 g/mol. The largest absolute Gasteiger partial charge is 0.456 e. The highest BCUT2D eigenvalue weighted by Gasteiger charge is 2.11. The van der Waals surface area contributed by atoms with Crippen molar-refractivity contribution in [2.45, 2.75) is 0 Å². The van der Waals surface area contributed by atoms with E-state index in [0.29, 0.717) is 11.5 Å². The minimum Gasteiger partial charge on any atom is -0.456 e. The first kappa shape index (κ1) is 16.7. The summed E-state index contributed by atoms with van der Waals surface area (Å²) in [4.78, 5) is 11.5. The van der Waals surface area contributed by atoms with Crippen LogP contribution in [0.3, 0.4) is 0 Å². The van der Waals surface area contributed by atoms with E-state index in [9.17, 15) is 0 Å². The Labute approximate surface area is 166 Å². The molecule has 5 nitrogen and oxygen atoms in total. The molecule has 0 N–H and O–H groups in total. The summed E-state index contributed by atoms with van der Waals surface area (Å²) in [6.45, 7) is 7.17. The molecule has 0 saturated heterocycles. The summed E-state index contributed by atoms with van der Waals surface area (Å²) < 4.78 is 6.00. The summed E-state index contributed by atoms with van der Waals surface area (Å²) >= 11 is 0. The van der Waals surface area contributed by atoms with Crippen LogP contribution in [0, 0.1) is 17.9 Å². The van der Waals surface area contributed by atoms with Gasteiger partial charge in [-0.15, -0.1) is 4.98 Å². The molecule has 3 heterocycles. The number of furan rings is 1.